The van der Waals surface area contributed by atoms with E-state index in [4.69, 9.17) is 9.47 Å². The molecule has 4 rings (SSSR count). The standard InChI is InChI=1S/C26H23NO4S/c1-4-31-26(29)23-22(17-7-5-16(2)6-8-17)15-32-25(23)27-24(28)20-10-9-19-14-21(30-3)12-11-18(19)13-20/h5-15H,4H2,1-3H3,(H,27,28). The minimum atomic E-state index is -0.453. The highest BCUT2D eigenvalue weighted by atomic mass is 32.1. The van der Waals surface area contributed by atoms with Crippen LogP contribution in [0.4, 0.5) is 5.00 Å². The van der Waals surface area contributed by atoms with E-state index in [1.807, 2.05) is 66.9 Å². The van der Waals surface area contributed by atoms with Crippen molar-refractivity contribution in [2.45, 2.75) is 13.8 Å². The first-order valence-electron chi connectivity index (χ1n) is 10.2. The number of rotatable bonds is 6. The number of thiophene rings is 1. The maximum Gasteiger partial charge on any atom is 0.341 e. The summed E-state index contributed by atoms with van der Waals surface area (Å²) in [7, 11) is 1.62. The smallest absolute Gasteiger partial charge is 0.341 e. The molecule has 32 heavy (non-hydrogen) atoms. The molecule has 4 aromatic rings. The lowest BCUT2D eigenvalue weighted by molar-refractivity contribution is 0.0529. The Kier molecular flexibility index (Phi) is 6.23. The molecule has 0 saturated heterocycles. The van der Waals surface area contributed by atoms with Gasteiger partial charge in [-0.15, -0.1) is 11.3 Å². The van der Waals surface area contributed by atoms with Gasteiger partial charge in [-0.1, -0.05) is 42.0 Å². The van der Waals surface area contributed by atoms with Crippen LogP contribution in [0.5, 0.6) is 5.75 Å². The fraction of sp³-hybridized carbons (Fsp3) is 0.154. The Balaban J connectivity index is 1.67. The molecule has 0 spiro atoms. The number of ether oxygens (including phenoxy) is 2. The Labute approximate surface area is 190 Å². The highest BCUT2D eigenvalue weighted by Crippen LogP contribution is 2.36. The predicted octanol–water partition coefficient (Wildman–Crippen LogP) is 6.31. The van der Waals surface area contributed by atoms with Crippen molar-refractivity contribution in [3.63, 3.8) is 0 Å². The molecule has 0 bridgehead atoms. The summed E-state index contributed by atoms with van der Waals surface area (Å²) in [6.07, 6.45) is 0. The highest BCUT2D eigenvalue weighted by Gasteiger charge is 2.23. The number of aryl methyl sites for hydroxylation is 1. The van der Waals surface area contributed by atoms with Gasteiger partial charge in [-0.25, -0.2) is 4.79 Å². The summed E-state index contributed by atoms with van der Waals surface area (Å²) in [5.74, 6) is 0.0202. The van der Waals surface area contributed by atoms with Crippen molar-refractivity contribution in [2.75, 3.05) is 19.0 Å². The molecule has 0 saturated carbocycles. The van der Waals surface area contributed by atoms with Crippen LogP contribution in [-0.4, -0.2) is 25.6 Å². The van der Waals surface area contributed by atoms with Gasteiger partial charge in [0.15, 0.2) is 0 Å². The fourth-order valence-electron chi connectivity index (χ4n) is 3.47. The molecule has 0 fully saturated rings. The zero-order chi connectivity index (χ0) is 22.7. The Morgan fingerprint density at radius 3 is 2.41 bits per heavy atom. The van der Waals surface area contributed by atoms with E-state index < -0.39 is 5.97 Å². The van der Waals surface area contributed by atoms with Crippen LogP contribution in [0.3, 0.4) is 0 Å². The number of methoxy groups -OCH3 is 1. The number of nitrogens with one attached hydrogen (secondary N) is 1. The number of carbonyl (C=O) groups is 2. The van der Waals surface area contributed by atoms with Gasteiger partial charge in [0, 0.05) is 16.5 Å². The van der Waals surface area contributed by atoms with Crippen molar-refractivity contribution in [3.8, 4) is 16.9 Å². The van der Waals surface area contributed by atoms with Gasteiger partial charge in [-0.2, -0.15) is 0 Å². The van der Waals surface area contributed by atoms with E-state index in [2.05, 4.69) is 5.32 Å². The molecule has 0 radical (unpaired) electrons. The van der Waals surface area contributed by atoms with Crippen LogP contribution in [0.25, 0.3) is 21.9 Å². The monoisotopic (exact) mass is 445 g/mol. The third-order valence-electron chi connectivity index (χ3n) is 5.17. The van der Waals surface area contributed by atoms with Gasteiger partial charge in [0.25, 0.3) is 5.91 Å². The predicted molar refractivity (Wildman–Crippen MR) is 129 cm³/mol. The second-order valence-electron chi connectivity index (χ2n) is 7.32. The number of esters is 1. The molecule has 1 N–H and O–H groups in total. The SMILES string of the molecule is CCOC(=O)c1c(-c2ccc(C)cc2)csc1NC(=O)c1ccc2cc(OC)ccc2c1. The zero-order valence-corrected chi connectivity index (χ0v) is 18.9. The molecule has 0 unspecified atom stereocenters. The van der Waals surface area contributed by atoms with Gasteiger partial charge >= 0.3 is 5.97 Å². The van der Waals surface area contributed by atoms with Crippen LogP contribution in [-0.2, 0) is 4.74 Å². The van der Waals surface area contributed by atoms with Crippen LogP contribution in [0, 0.1) is 6.92 Å². The van der Waals surface area contributed by atoms with Crippen LogP contribution >= 0.6 is 11.3 Å². The van der Waals surface area contributed by atoms with Gasteiger partial charge < -0.3 is 14.8 Å². The second-order valence-corrected chi connectivity index (χ2v) is 8.20. The summed E-state index contributed by atoms with van der Waals surface area (Å²) in [6, 6.07) is 19.1. The van der Waals surface area contributed by atoms with E-state index in [-0.39, 0.29) is 12.5 Å². The topological polar surface area (TPSA) is 64.6 Å². The summed E-state index contributed by atoms with van der Waals surface area (Å²) in [5, 5.41) is 7.16. The average Bonchev–Trinajstić information content (AvgIpc) is 3.22. The van der Waals surface area contributed by atoms with E-state index in [9.17, 15) is 9.59 Å². The maximum atomic E-state index is 13.0. The quantitative estimate of drug-likeness (QED) is 0.353. The number of hydrogen-bond acceptors (Lipinski definition) is 5. The lowest BCUT2D eigenvalue weighted by Crippen LogP contribution is -2.14. The summed E-state index contributed by atoms with van der Waals surface area (Å²) in [4.78, 5) is 25.8. The van der Waals surface area contributed by atoms with E-state index in [1.165, 1.54) is 11.3 Å². The first-order chi connectivity index (χ1) is 15.5. The second kappa shape index (κ2) is 9.24. The Hall–Kier alpha value is -3.64. The van der Waals surface area contributed by atoms with E-state index in [1.54, 1.807) is 20.1 Å². The molecule has 0 aliphatic heterocycles. The first-order valence-corrected chi connectivity index (χ1v) is 11.1. The van der Waals surface area contributed by atoms with Crippen molar-refractivity contribution in [1.29, 1.82) is 0 Å². The van der Waals surface area contributed by atoms with Crippen molar-refractivity contribution >= 4 is 39.0 Å². The number of benzene rings is 3. The molecule has 0 aliphatic carbocycles. The number of hydrogen-bond donors (Lipinski definition) is 1. The molecule has 3 aromatic carbocycles. The number of amides is 1. The summed E-state index contributed by atoms with van der Waals surface area (Å²) in [5.41, 5.74) is 3.65. The summed E-state index contributed by atoms with van der Waals surface area (Å²) < 4.78 is 10.5. The number of carbonyl (C=O) groups excluding carboxylic acids is 2. The normalized spacial score (nSPS) is 10.7. The molecule has 1 heterocycles. The Morgan fingerprint density at radius 2 is 1.69 bits per heavy atom. The molecule has 0 atom stereocenters. The third-order valence-corrected chi connectivity index (χ3v) is 6.07. The third kappa shape index (κ3) is 4.36. The van der Waals surface area contributed by atoms with Crippen LogP contribution < -0.4 is 10.1 Å². The van der Waals surface area contributed by atoms with Gasteiger partial charge in [0.1, 0.15) is 16.3 Å². The van der Waals surface area contributed by atoms with Crippen molar-refractivity contribution in [2.24, 2.45) is 0 Å². The average molecular weight is 446 g/mol. The van der Waals surface area contributed by atoms with E-state index in [0.29, 0.717) is 16.1 Å². The van der Waals surface area contributed by atoms with Crippen molar-refractivity contribution < 1.29 is 19.1 Å². The number of anilines is 1. The fourth-order valence-corrected chi connectivity index (χ4v) is 4.42. The summed E-state index contributed by atoms with van der Waals surface area (Å²) in [6.45, 7) is 4.02. The first kappa shape index (κ1) is 21.6. The number of fused-ring (bicyclic) bond motifs is 1. The molecular weight excluding hydrogens is 422 g/mol. The van der Waals surface area contributed by atoms with E-state index >= 15 is 0 Å². The molecule has 5 nitrogen and oxygen atoms in total. The van der Waals surface area contributed by atoms with Gasteiger partial charge in [0.05, 0.1) is 13.7 Å². The minimum absolute atomic E-state index is 0.254. The van der Waals surface area contributed by atoms with Crippen molar-refractivity contribution in [1.82, 2.24) is 0 Å². The molecule has 1 aromatic heterocycles. The Bertz CT molecular complexity index is 1290. The maximum absolute atomic E-state index is 13.0. The zero-order valence-electron chi connectivity index (χ0n) is 18.1. The molecule has 162 valence electrons. The lowest BCUT2D eigenvalue weighted by Gasteiger charge is -2.10. The molecule has 6 heteroatoms. The minimum Gasteiger partial charge on any atom is -0.497 e. The van der Waals surface area contributed by atoms with Crippen LogP contribution in [0.2, 0.25) is 0 Å². The largest absolute Gasteiger partial charge is 0.497 e. The summed E-state index contributed by atoms with van der Waals surface area (Å²) >= 11 is 1.31. The Morgan fingerprint density at radius 1 is 0.969 bits per heavy atom. The molecule has 1 amide bonds. The van der Waals surface area contributed by atoms with Crippen LogP contribution in [0.15, 0.2) is 66.0 Å². The lowest BCUT2D eigenvalue weighted by atomic mass is 10.0. The van der Waals surface area contributed by atoms with E-state index in [0.717, 1.165) is 33.2 Å². The molecular formula is C26H23NO4S. The van der Waals surface area contributed by atoms with Gasteiger partial charge in [0.2, 0.25) is 0 Å². The van der Waals surface area contributed by atoms with Gasteiger partial charge in [-0.05, 0) is 54.4 Å². The highest BCUT2D eigenvalue weighted by molar-refractivity contribution is 7.15. The van der Waals surface area contributed by atoms with Gasteiger partial charge in [-0.3, -0.25) is 4.79 Å². The molecule has 0 aliphatic rings. The van der Waals surface area contributed by atoms with Crippen LogP contribution in [0.1, 0.15) is 33.2 Å². The van der Waals surface area contributed by atoms with Crippen molar-refractivity contribution in [3.05, 3.63) is 82.7 Å².